The van der Waals surface area contributed by atoms with Crippen molar-refractivity contribution >= 4 is 5.78 Å². The normalized spacial score (nSPS) is 28.1. The average Bonchev–Trinajstić information content (AvgIpc) is 2.37. The van der Waals surface area contributed by atoms with E-state index in [0.717, 1.165) is 18.4 Å². The molecule has 0 heterocycles. The predicted octanol–water partition coefficient (Wildman–Crippen LogP) is 4.61. The second-order valence-corrected chi connectivity index (χ2v) is 6.97. The monoisotopic (exact) mass is 258 g/mol. The van der Waals surface area contributed by atoms with E-state index in [1.807, 2.05) is 18.2 Å². The summed E-state index contributed by atoms with van der Waals surface area (Å²) in [6, 6.07) is 10.2. The number of ketones is 1. The molecule has 2 unspecified atom stereocenters. The quantitative estimate of drug-likeness (QED) is 0.774. The molecule has 0 spiro atoms. The van der Waals surface area contributed by atoms with Crippen molar-refractivity contribution in [3.8, 4) is 0 Å². The summed E-state index contributed by atoms with van der Waals surface area (Å²) in [7, 11) is 0. The van der Waals surface area contributed by atoms with Gasteiger partial charge in [-0.3, -0.25) is 4.79 Å². The SMILES string of the molecule is CC1CC(C)CC(C(=O)C(C)(C)c2ccccc2)C1. The Morgan fingerprint density at radius 2 is 1.53 bits per heavy atom. The lowest BCUT2D eigenvalue weighted by molar-refractivity contribution is -0.129. The van der Waals surface area contributed by atoms with E-state index >= 15 is 0 Å². The average molecular weight is 258 g/mol. The van der Waals surface area contributed by atoms with Crippen LogP contribution in [0.15, 0.2) is 30.3 Å². The Morgan fingerprint density at radius 1 is 1.00 bits per heavy atom. The smallest absolute Gasteiger partial charge is 0.145 e. The maximum absolute atomic E-state index is 12.9. The second kappa shape index (κ2) is 5.48. The Labute approximate surface area is 117 Å². The van der Waals surface area contributed by atoms with Gasteiger partial charge in [-0.1, -0.05) is 44.2 Å². The number of hydrogen-bond acceptors (Lipinski definition) is 1. The van der Waals surface area contributed by atoms with Crippen LogP contribution in [0, 0.1) is 17.8 Å². The van der Waals surface area contributed by atoms with E-state index < -0.39 is 0 Å². The number of carbonyl (C=O) groups excluding carboxylic acids is 1. The van der Waals surface area contributed by atoms with Crippen LogP contribution >= 0.6 is 0 Å². The maximum atomic E-state index is 12.9. The number of rotatable bonds is 3. The number of benzene rings is 1. The molecule has 1 aromatic rings. The van der Waals surface area contributed by atoms with Crippen molar-refractivity contribution < 1.29 is 4.79 Å². The molecular formula is C18H26O. The lowest BCUT2D eigenvalue weighted by Gasteiger charge is -2.35. The number of Topliss-reactive ketones (excluding diaryl/α,β-unsaturated/α-hetero) is 1. The van der Waals surface area contributed by atoms with E-state index in [-0.39, 0.29) is 11.3 Å². The van der Waals surface area contributed by atoms with Crippen molar-refractivity contribution in [3.63, 3.8) is 0 Å². The van der Waals surface area contributed by atoms with Gasteiger partial charge in [0, 0.05) is 11.3 Å². The Balaban J connectivity index is 2.18. The van der Waals surface area contributed by atoms with Crippen LogP contribution in [-0.2, 0) is 10.2 Å². The first-order valence-corrected chi connectivity index (χ1v) is 7.51. The van der Waals surface area contributed by atoms with E-state index in [4.69, 9.17) is 0 Å². The van der Waals surface area contributed by atoms with Crippen molar-refractivity contribution in [2.45, 2.75) is 52.4 Å². The van der Waals surface area contributed by atoms with Gasteiger partial charge in [-0.2, -0.15) is 0 Å². The summed E-state index contributed by atoms with van der Waals surface area (Å²) < 4.78 is 0. The van der Waals surface area contributed by atoms with E-state index in [9.17, 15) is 4.79 Å². The molecule has 2 atom stereocenters. The highest BCUT2D eigenvalue weighted by Gasteiger charge is 2.38. The molecule has 2 rings (SSSR count). The fourth-order valence-electron chi connectivity index (χ4n) is 3.67. The van der Waals surface area contributed by atoms with E-state index in [0.29, 0.717) is 17.6 Å². The summed E-state index contributed by atoms with van der Waals surface area (Å²) in [4.78, 5) is 12.9. The Hall–Kier alpha value is -1.11. The minimum absolute atomic E-state index is 0.244. The van der Waals surface area contributed by atoms with Gasteiger partial charge in [0.05, 0.1) is 0 Å². The molecule has 0 bridgehead atoms. The fourth-order valence-corrected chi connectivity index (χ4v) is 3.67. The second-order valence-electron chi connectivity index (χ2n) is 6.97. The molecule has 0 saturated heterocycles. The van der Waals surface area contributed by atoms with Crippen LogP contribution in [0.1, 0.15) is 52.5 Å². The van der Waals surface area contributed by atoms with E-state index in [1.165, 1.54) is 6.42 Å². The van der Waals surface area contributed by atoms with Crippen molar-refractivity contribution in [2.24, 2.45) is 17.8 Å². The van der Waals surface area contributed by atoms with Gasteiger partial charge in [-0.15, -0.1) is 0 Å². The standard InChI is InChI=1S/C18H26O/c1-13-10-14(2)12-15(11-13)17(19)18(3,4)16-8-6-5-7-9-16/h5-9,13-15H,10-12H2,1-4H3. The lowest BCUT2D eigenvalue weighted by atomic mass is 9.68. The van der Waals surface area contributed by atoms with Gasteiger partial charge in [0.1, 0.15) is 5.78 Å². The van der Waals surface area contributed by atoms with Gasteiger partial charge in [-0.05, 0) is 50.5 Å². The van der Waals surface area contributed by atoms with Gasteiger partial charge in [0.2, 0.25) is 0 Å². The molecule has 1 saturated carbocycles. The summed E-state index contributed by atoms with van der Waals surface area (Å²) in [6.07, 6.45) is 3.41. The minimum Gasteiger partial charge on any atom is -0.298 e. The highest BCUT2D eigenvalue weighted by molar-refractivity contribution is 5.91. The Bertz CT molecular complexity index is 422. The van der Waals surface area contributed by atoms with E-state index in [1.54, 1.807) is 0 Å². The molecular weight excluding hydrogens is 232 g/mol. The van der Waals surface area contributed by atoms with Crippen molar-refractivity contribution in [2.75, 3.05) is 0 Å². The molecule has 1 heteroatoms. The highest BCUT2D eigenvalue weighted by Crippen LogP contribution is 2.38. The fraction of sp³-hybridized carbons (Fsp3) is 0.611. The summed E-state index contributed by atoms with van der Waals surface area (Å²) in [5, 5.41) is 0. The van der Waals surface area contributed by atoms with Crippen LogP contribution in [0.3, 0.4) is 0 Å². The first-order valence-electron chi connectivity index (χ1n) is 7.51. The van der Waals surface area contributed by atoms with Crippen molar-refractivity contribution in [1.82, 2.24) is 0 Å². The maximum Gasteiger partial charge on any atom is 0.145 e. The summed E-state index contributed by atoms with van der Waals surface area (Å²) in [5.74, 6) is 2.04. The third kappa shape index (κ3) is 3.08. The minimum atomic E-state index is -0.358. The zero-order valence-corrected chi connectivity index (χ0v) is 12.6. The van der Waals surface area contributed by atoms with E-state index in [2.05, 4.69) is 39.8 Å². The van der Waals surface area contributed by atoms with Crippen LogP contribution in [-0.4, -0.2) is 5.78 Å². The molecule has 0 amide bonds. The zero-order chi connectivity index (χ0) is 14.0. The molecule has 0 radical (unpaired) electrons. The molecule has 0 N–H and O–H groups in total. The molecule has 1 fully saturated rings. The molecule has 0 aromatic heterocycles. The summed E-state index contributed by atoms with van der Waals surface area (Å²) >= 11 is 0. The molecule has 104 valence electrons. The Morgan fingerprint density at radius 3 is 2.05 bits per heavy atom. The molecule has 0 aliphatic heterocycles. The Kier molecular flexibility index (Phi) is 4.13. The molecule has 1 aliphatic rings. The van der Waals surface area contributed by atoms with Crippen LogP contribution < -0.4 is 0 Å². The van der Waals surface area contributed by atoms with Gasteiger partial charge in [0.25, 0.3) is 0 Å². The topological polar surface area (TPSA) is 17.1 Å². The van der Waals surface area contributed by atoms with Crippen LogP contribution in [0.4, 0.5) is 0 Å². The van der Waals surface area contributed by atoms with Crippen LogP contribution in [0.25, 0.3) is 0 Å². The van der Waals surface area contributed by atoms with Crippen LogP contribution in [0.5, 0.6) is 0 Å². The van der Waals surface area contributed by atoms with Crippen molar-refractivity contribution in [3.05, 3.63) is 35.9 Å². The van der Waals surface area contributed by atoms with Gasteiger partial charge >= 0.3 is 0 Å². The summed E-state index contributed by atoms with van der Waals surface area (Å²) in [5.41, 5.74) is 0.786. The largest absolute Gasteiger partial charge is 0.298 e. The van der Waals surface area contributed by atoms with Crippen molar-refractivity contribution in [1.29, 1.82) is 0 Å². The number of carbonyl (C=O) groups is 1. The third-order valence-electron chi connectivity index (χ3n) is 4.66. The first kappa shape index (κ1) is 14.3. The molecule has 1 aromatic carbocycles. The lowest BCUT2D eigenvalue weighted by Crippen LogP contribution is -2.38. The molecule has 1 aliphatic carbocycles. The molecule has 1 nitrogen and oxygen atoms in total. The zero-order valence-electron chi connectivity index (χ0n) is 12.6. The van der Waals surface area contributed by atoms with Crippen LogP contribution in [0.2, 0.25) is 0 Å². The predicted molar refractivity (Wildman–Crippen MR) is 80.1 cm³/mol. The highest BCUT2D eigenvalue weighted by atomic mass is 16.1. The molecule has 19 heavy (non-hydrogen) atoms. The van der Waals surface area contributed by atoms with Gasteiger partial charge < -0.3 is 0 Å². The third-order valence-corrected chi connectivity index (χ3v) is 4.66. The summed E-state index contributed by atoms with van der Waals surface area (Å²) in [6.45, 7) is 8.72. The van der Waals surface area contributed by atoms with Gasteiger partial charge in [0.15, 0.2) is 0 Å². The number of hydrogen-bond donors (Lipinski definition) is 0. The van der Waals surface area contributed by atoms with Gasteiger partial charge in [-0.25, -0.2) is 0 Å². The first-order chi connectivity index (χ1) is 8.91.